The van der Waals surface area contributed by atoms with Gasteiger partial charge in [-0.05, 0) is 49.4 Å². The Morgan fingerprint density at radius 2 is 1.74 bits per heavy atom. The van der Waals surface area contributed by atoms with Crippen molar-refractivity contribution >= 4 is 52.3 Å². The Kier molecular flexibility index (Phi) is 8.26. The number of hydrogen-bond acceptors (Lipinski definition) is 2. The fourth-order valence-corrected chi connectivity index (χ4v) is 4.76. The van der Waals surface area contributed by atoms with Crippen LogP contribution in [0.25, 0.3) is 0 Å². The minimum atomic E-state index is -0.966. The molecule has 0 aromatic heterocycles. The Morgan fingerprint density at radius 1 is 1.06 bits per heavy atom. The predicted molar refractivity (Wildman–Crippen MR) is 128 cm³/mol. The topological polar surface area (TPSA) is 49.4 Å². The average molecular weight is 482 g/mol. The van der Waals surface area contributed by atoms with Gasteiger partial charge in [0, 0.05) is 27.3 Å². The van der Waals surface area contributed by atoms with E-state index >= 15 is 0 Å². The van der Waals surface area contributed by atoms with E-state index in [1.807, 2.05) is 6.92 Å². The highest BCUT2D eigenvalue weighted by Gasteiger charge is 2.36. The summed E-state index contributed by atoms with van der Waals surface area (Å²) in [6.45, 7) is 3.97. The summed E-state index contributed by atoms with van der Waals surface area (Å²) in [6, 6.07) is 11.4. The molecule has 0 saturated heterocycles. The van der Waals surface area contributed by atoms with Crippen molar-refractivity contribution in [1.82, 2.24) is 5.32 Å². The molecule has 2 amide bonds. The minimum absolute atomic E-state index is 0.0552. The van der Waals surface area contributed by atoms with Crippen LogP contribution >= 0.6 is 34.8 Å². The lowest BCUT2D eigenvalue weighted by atomic mass is 9.85. The molecule has 1 fully saturated rings. The fourth-order valence-electron chi connectivity index (χ4n) is 4.23. The Hall–Kier alpha value is -1.75. The first-order chi connectivity index (χ1) is 14.8. The molecule has 7 heteroatoms. The van der Waals surface area contributed by atoms with Gasteiger partial charge in [0.15, 0.2) is 0 Å². The lowest BCUT2D eigenvalue weighted by Gasteiger charge is -2.36. The SMILES string of the molecule is Cc1c(Cl)cccc1N(C(=O)CCl)[C@H](C(=O)N[C@@H]1CCCC[C@@H]1C)c1ccccc1Cl. The van der Waals surface area contributed by atoms with Crippen molar-refractivity contribution in [2.24, 2.45) is 5.92 Å². The molecule has 0 radical (unpaired) electrons. The van der Waals surface area contributed by atoms with Crippen molar-refractivity contribution in [3.63, 3.8) is 0 Å². The number of anilines is 1. The molecule has 2 aromatic rings. The highest BCUT2D eigenvalue weighted by atomic mass is 35.5. The highest BCUT2D eigenvalue weighted by Crippen LogP contribution is 2.36. The molecule has 0 heterocycles. The summed E-state index contributed by atoms with van der Waals surface area (Å²) in [7, 11) is 0. The van der Waals surface area contributed by atoms with Crippen LogP contribution in [0.4, 0.5) is 5.69 Å². The second-order valence-electron chi connectivity index (χ2n) is 8.08. The maximum Gasteiger partial charge on any atom is 0.248 e. The van der Waals surface area contributed by atoms with Crippen molar-refractivity contribution < 1.29 is 9.59 Å². The molecule has 0 bridgehead atoms. The number of carbonyl (C=O) groups is 2. The van der Waals surface area contributed by atoms with Crippen LogP contribution < -0.4 is 10.2 Å². The molecule has 1 aliphatic carbocycles. The molecule has 3 atom stereocenters. The zero-order chi connectivity index (χ0) is 22.5. The Morgan fingerprint density at radius 3 is 2.42 bits per heavy atom. The Bertz CT molecular complexity index is 950. The van der Waals surface area contributed by atoms with Gasteiger partial charge in [-0.3, -0.25) is 14.5 Å². The number of halogens is 3. The number of nitrogens with one attached hydrogen (secondary N) is 1. The number of nitrogens with zero attached hydrogens (tertiary/aromatic N) is 1. The maximum atomic E-state index is 13.7. The second kappa shape index (κ2) is 10.7. The molecule has 3 rings (SSSR count). The lowest BCUT2D eigenvalue weighted by Crippen LogP contribution is -2.49. The van der Waals surface area contributed by atoms with Crippen LogP contribution in [0.3, 0.4) is 0 Å². The van der Waals surface area contributed by atoms with Gasteiger partial charge in [-0.25, -0.2) is 0 Å². The largest absolute Gasteiger partial charge is 0.351 e. The molecule has 166 valence electrons. The van der Waals surface area contributed by atoms with Crippen molar-refractivity contribution in [1.29, 1.82) is 0 Å². The lowest BCUT2D eigenvalue weighted by molar-refractivity contribution is -0.126. The van der Waals surface area contributed by atoms with E-state index in [1.165, 1.54) is 11.3 Å². The molecular formula is C24H27Cl3N2O2. The number of benzene rings is 2. The quantitative estimate of drug-likeness (QED) is 0.491. The van der Waals surface area contributed by atoms with E-state index in [0.717, 1.165) is 19.3 Å². The van der Waals surface area contributed by atoms with Gasteiger partial charge in [-0.1, -0.05) is 67.2 Å². The van der Waals surface area contributed by atoms with Gasteiger partial charge in [-0.15, -0.1) is 11.6 Å². The average Bonchev–Trinajstić information content (AvgIpc) is 2.76. The third-order valence-corrected chi connectivity index (χ3v) is 7.01. The third-order valence-electron chi connectivity index (χ3n) is 6.03. The van der Waals surface area contributed by atoms with E-state index in [1.54, 1.807) is 42.5 Å². The molecule has 1 saturated carbocycles. The van der Waals surface area contributed by atoms with E-state index in [2.05, 4.69) is 12.2 Å². The summed E-state index contributed by atoms with van der Waals surface area (Å²) in [6.07, 6.45) is 4.23. The number of alkyl halides is 1. The zero-order valence-corrected chi connectivity index (χ0v) is 20.0. The Labute approximate surface area is 198 Å². The summed E-state index contributed by atoms with van der Waals surface area (Å²) < 4.78 is 0. The third kappa shape index (κ3) is 5.36. The molecule has 0 aliphatic heterocycles. The highest BCUT2D eigenvalue weighted by molar-refractivity contribution is 6.33. The van der Waals surface area contributed by atoms with Gasteiger partial charge in [0.1, 0.15) is 11.9 Å². The first-order valence-electron chi connectivity index (χ1n) is 10.5. The van der Waals surface area contributed by atoms with Crippen molar-refractivity contribution in [2.45, 2.75) is 51.6 Å². The molecule has 0 spiro atoms. The number of rotatable bonds is 6. The van der Waals surface area contributed by atoms with Crippen LogP contribution in [0, 0.1) is 12.8 Å². The van der Waals surface area contributed by atoms with Crippen LogP contribution in [0.5, 0.6) is 0 Å². The van der Waals surface area contributed by atoms with Crippen molar-refractivity contribution in [3.8, 4) is 0 Å². The van der Waals surface area contributed by atoms with Crippen LogP contribution in [-0.2, 0) is 9.59 Å². The molecule has 1 N–H and O–H groups in total. The standard InChI is InChI=1S/C24H27Cl3N2O2/c1-15-8-3-6-12-20(15)28-24(31)23(17-9-4-5-10-19(17)27)29(22(30)14-25)21-13-7-11-18(26)16(21)2/h4-5,7,9-11,13,15,20,23H,3,6,8,12,14H2,1-2H3,(H,28,31)/t15-,20+,23-/m0/s1. The number of amides is 2. The maximum absolute atomic E-state index is 13.7. The molecule has 31 heavy (non-hydrogen) atoms. The predicted octanol–water partition coefficient (Wildman–Crippen LogP) is 6.31. The number of carbonyl (C=O) groups excluding carboxylic acids is 2. The van der Waals surface area contributed by atoms with E-state index in [-0.39, 0.29) is 17.8 Å². The Balaban J connectivity index is 2.10. The first kappa shape index (κ1) is 23.9. The van der Waals surface area contributed by atoms with E-state index in [4.69, 9.17) is 34.8 Å². The first-order valence-corrected chi connectivity index (χ1v) is 11.8. The van der Waals surface area contributed by atoms with Gasteiger partial charge < -0.3 is 5.32 Å². The molecule has 2 aromatic carbocycles. The van der Waals surface area contributed by atoms with E-state index in [9.17, 15) is 9.59 Å². The summed E-state index contributed by atoms with van der Waals surface area (Å²) in [5.74, 6) is -0.580. The molecular weight excluding hydrogens is 455 g/mol. The summed E-state index contributed by atoms with van der Waals surface area (Å²) in [5.41, 5.74) is 1.77. The van der Waals surface area contributed by atoms with E-state index < -0.39 is 11.9 Å². The normalized spacial score (nSPS) is 19.5. The second-order valence-corrected chi connectivity index (χ2v) is 9.16. The van der Waals surface area contributed by atoms with Gasteiger partial charge in [0.25, 0.3) is 0 Å². The van der Waals surface area contributed by atoms with Gasteiger partial charge in [-0.2, -0.15) is 0 Å². The molecule has 1 aliphatic rings. The van der Waals surface area contributed by atoms with Crippen molar-refractivity contribution in [3.05, 3.63) is 63.6 Å². The van der Waals surface area contributed by atoms with Crippen LogP contribution in [0.15, 0.2) is 42.5 Å². The zero-order valence-electron chi connectivity index (χ0n) is 17.7. The van der Waals surface area contributed by atoms with Gasteiger partial charge >= 0.3 is 0 Å². The monoisotopic (exact) mass is 480 g/mol. The van der Waals surface area contributed by atoms with Crippen LogP contribution in [0.1, 0.15) is 49.8 Å². The fraction of sp³-hybridized carbons (Fsp3) is 0.417. The van der Waals surface area contributed by atoms with Gasteiger partial charge in [0.2, 0.25) is 11.8 Å². The summed E-state index contributed by atoms with van der Waals surface area (Å²) >= 11 is 18.8. The number of hydrogen-bond donors (Lipinski definition) is 1. The molecule has 4 nitrogen and oxygen atoms in total. The van der Waals surface area contributed by atoms with Crippen LogP contribution in [-0.4, -0.2) is 23.7 Å². The van der Waals surface area contributed by atoms with Gasteiger partial charge in [0.05, 0.1) is 0 Å². The summed E-state index contributed by atoms with van der Waals surface area (Å²) in [4.78, 5) is 28.2. The van der Waals surface area contributed by atoms with E-state index in [0.29, 0.717) is 32.8 Å². The van der Waals surface area contributed by atoms with Crippen LogP contribution in [0.2, 0.25) is 10.0 Å². The van der Waals surface area contributed by atoms with Crippen molar-refractivity contribution in [2.75, 3.05) is 10.8 Å². The minimum Gasteiger partial charge on any atom is -0.351 e. The smallest absolute Gasteiger partial charge is 0.248 e. The molecule has 0 unspecified atom stereocenters. The summed E-state index contributed by atoms with van der Waals surface area (Å²) in [5, 5.41) is 4.10.